The zero-order valence-electron chi connectivity index (χ0n) is 13.8. The molecule has 0 unspecified atom stereocenters. The van der Waals surface area contributed by atoms with Crippen LogP contribution in [0.1, 0.15) is 21.5 Å². The van der Waals surface area contributed by atoms with Crippen LogP contribution in [0.5, 0.6) is 0 Å². The smallest absolute Gasteiger partial charge is 0.248 e. The maximum absolute atomic E-state index is 11.2. The highest BCUT2D eigenvalue weighted by Crippen LogP contribution is 2.12. The number of carbonyl (C=O) groups excluding carboxylic acids is 1. The Morgan fingerprint density at radius 3 is 2.58 bits per heavy atom. The average Bonchev–Trinajstić information content (AvgIpc) is 2.55. The second-order valence-corrected chi connectivity index (χ2v) is 5.89. The monoisotopic (exact) mass is 344 g/mol. The summed E-state index contributed by atoms with van der Waals surface area (Å²) in [5.74, 6) is 0.318. The highest BCUT2D eigenvalue weighted by Gasteiger charge is 2.08. The number of hydrogen-bond donors (Lipinski definition) is 2. The van der Waals surface area contributed by atoms with Crippen LogP contribution in [0, 0.1) is 0 Å². The minimum absolute atomic E-state index is 0.431. The molecule has 0 heterocycles. The second-order valence-electron chi connectivity index (χ2n) is 5.45. The van der Waals surface area contributed by atoms with Crippen molar-refractivity contribution in [2.24, 2.45) is 10.7 Å². The van der Waals surface area contributed by atoms with Crippen molar-refractivity contribution < 1.29 is 4.79 Å². The van der Waals surface area contributed by atoms with E-state index < -0.39 is 5.91 Å². The molecular weight excluding hydrogens is 324 g/mol. The number of amides is 1. The molecule has 0 radical (unpaired) electrons. The molecule has 0 aromatic heterocycles. The molecule has 0 spiro atoms. The van der Waals surface area contributed by atoms with Gasteiger partial charge in [-0.25, -0.2) is 0 Å². The number of nitrogens with one attached hydrogen (secondary N) is 1. The Hall–Kier alpha value is -2.53. The van der Waals surface area contributed by atoms with Crippen LogP contribution in [0.15, 0.2) is 53.5 Å². The van der Waals surface area contributed by atoms with Gasteiger partial charge < -0.3 is 16.0 Å². The summed E-state index contributed by atoms with van der Waals surface area (Å²) in [4.78, 5) is 17.5. The number of aliphatic imine (C=N–C) groups is 1. The highest BCUT2D eigenvalue weighted by molar-refractivity contribution is 6.30. The van der Waals surface area contributed by atoms with Crippen molar-refractivity contribution in [1.82, 2.24) is 10.2 Å². The fourth-order valence-corrected chi connectivity index (χ4v) is 2.60. The van der Waals surface area contributed by atoms with Crippen LogP contribution in [0.4, 0.5) is 0 Å². The van der Waals surface area contributed by atoms with E-state index in [0.717, 1.165) is 17.1 Å². The fourth-order valence-electron chi connectivity index (χ4n) is 2.38. The van der Waals surface area contributed by atoms with Gasteiger partial charge in [-0.15, -0.1) is 0 Å². The van der Waals surface area contributed by atoms with E-state index in [1.165, 1.54) is 0 Å². The van der Waals surface area contributed by atoms with Gasteiger partial charge in [0, 0.05) is 37.8 Å². The Morgan fingerprint density at radius 1 is 1.21 bits per heavy atom. The average molecular weight is 345 g/mol. The third-order valence-corrected chi connectivity index (χ3v) is 3.78. The topological polar surface area (TPSA) is 70.7 Å². The van der Waals surface area contributed by atoms with Crippen molar-refractivity contribution in [3.63, 3.8) is 0 Å². The normalized spacial score (nSPS) is 11.2. The van der Waals surface area contributed by atoms with Gasteiger partial charge in [-0.05, 0) is 35.4 Å². The molecule has 2 aromatic rings. The largest absolute Gasteiger partial charge is 0.366 e. The first-order valence-corrected chi connectivity index (χ1v) is 7.92. The van der Waals surface area contributed by atoms with Gasteiger partial charge in [0.15, 0.2) is 5.96 Å². The highest BCUT2D eigenvalue weighted by atomic mass is 35.5. The van der Waals surface area contributed by atoms with E-state index in [4.69, 9.17) is 17.3 Å². The summed E-state index contributed by atoms with van der Waals surface area (Å²) in [6.07, 6.45) is 0. The predicted octanol–water partition coefficient (Wildman–Crippen LogP) is 2.65. The van der Waals surface area contributed by atoms with E-state index in [1.807, 2.05) is 48.3 Å². The molecule has 1 amide bonds. The number of rotatable bonds is 5. The quantitative estimate of drug-likeness (QED) is 0.647. The molecule has 0 aliphatic carbocycles. The Labute approximate surface area is 147 Å². The van der Waals surface area contributed by atoms with Gasteiger partial charge in [0.1, 0.15) is 0 Å². The summed E-state index contributed by atoms with van der Waals surface area (Å²) in [5, 5.41) is 3.99. The standard InChI is InChI=1S/C18H21ClN4O/c1-21-18(23(2)12-14-6-4-8-16(19)10-14)22-11-13-5-3-7-15(9-13)17(20)24/h3-10H,11-12H2,1-2H3,(H2,20,24)(H,21,22). The van der Waals surface area contributed by atoms with Crippen LogP contribution in [0.25, 0.3) is 0 Å². The molecule has 0 saturated heterocycles. The van der Waals surface area contributed by atoms with Gasteiger partial charge >= 0.3 is 0 Å². The number of nitrogens with two attached hydrogens (primary N) is 1. The number of benzene rings is 2. The zero-order valence-corrected chi connectivity index (χ0v) is 14.5. The molecule has 0 atom stereocenters. The maximum Gasteiger partial charge on any atom is 0.248 e. The summed E-state index contributed by atoms with van der Waals surface area (Å²) < 4.78 is 0. The third-order valence-electron chi connectivity index (χ3n) is 3.54. The number of primary amides is 1. The Morgan fingerprint density at radius 2 is 1.92 bits per heavy atom. The van der Waals surface area contributed by atoms with E-state index in [1.54, 1.807) is 19.2 Å². The molecule has 126 valence electrons. The number of carbonyl (C=O) groups is 1. The lowest BCUT2D eigenvalue weighted by atomic mass is 10.1. The minimum Gasteiger partial charge on any atom is -0.366 e. The lowest BCUT2D eigenvalue weighted by Gasteiger charge is -2.22. The van der Waals surface area contributed by atoms with E-state index in [9.17, 15) is 4.79 Å². The van der Waals surface area contributed by atoms with Crippen molar-refractivity contribution in [1.29, 1.82) is 0 Å². The van der Waals surface area contributed by atoms with Crippen LogP contribution >= 0.6 is 11.6 Å². The summed E-state index contributed by atoms with van der Waals surface area (Å²) in [5.41, 5.74) is 7.87. The second kappa shape index (κ2) is 8.36. The Balaban J connectivity index is 1.99. The molecular formula is C18H21ClN4O. The molecule has 24 heavy (non-hydrogen) atoms. The Kier molecular flexibility index (Phi) is 6.21. The molecule has 0 aliphatic heterocycles. The SMILES string of the molecule is CN=C(NCc1cccc(C(N)=O)c1)N(C)Cc1cccc(Cl)c1. The van der Waals surface area contributed by atoms with Gasteiger partial charge in [-0.3, -0.25) is 9.79 Å². The molecule has 2 aromatic carbocycles. The van der Waals surface area contributed by atoms with Gasteiger partial charge in [0.05, 0.1) is 0 Å². The van der Waals surface area contributed by atoms with Crippen LogP contribution < -0.4 is 11.1 Å². The van der Waals surface area contributed by atoms with Gasteiger partial charge in [0.2, 0.25) is 5.91 Å². The first kappa shape index (κ1) is 17.8. The molecule has 6 heteroatoms. The summed E-state index contributed by atoms with van der Waals surface area (Å²) in [6, 6.07) is 15.0. The predicted molar refractivity (Wildman–Crippen MR) is 98.1 cm³/mol. The van der Waals surface area contributed by atoms with Crippen LogP contribution in [0.3, 0.4) is 0 Å². The van der Waals surface area contributed by atoms with E-state index in [-0.39, 0.29) is 0 Å². The van der Waals surface area contributed by atoms with E-state index in [0.29, 0.717) is 23.7 Å². The first-order chi connectivity index (χ1) is 11.5. The summed E-state index contributed by atoms with van der Waals surface area (Å²) in [7, 11) is 3.69. The van der Waals surface area contributed by atoms with Gasteiger partial charge in [-0.1, -0.05) is 35.9 Å². The van der Waals surface area contributed by atoms with Crippen molar-refractivity contribution >= 4 is 23.5 Å². The lowest BCUT2D eigenvalue weighted by Crippen LogP contribution is -2.38. The number of nitrogens with zero attached hydrogens (tertiary/aromatic N) is 2. The molecule has 0 aliphatic rings. The number of halogens is 1. The summed E-state index contributed by atoms with van der Waals surface area (Å²) >= 11 is 6.02. The van der Waals surface area contributed by atoms with Gasteiger partial charge in [0.25, 0.3) is 0 Å². The van der Waals surface area contributed by atoms with Crippen LogP contribution in [0.2, 0.25) is 5.02 Å². The molecule has 0 fully saturated rings. The van der Waals surface area contributed by atoms with Crippen molar-refractivity contribution in [3.05, 3.63) is 70.2 Å². The Bertz CT molecular complexity index is 745. The molecule has 3 N–H and O–H groups in total. The zero-order chi connectivity index (χ0) is 17.5. The molecule has 5 nitrogen and oxygen atoms in total. The van der Waals surface area contributed by atoms with E-state index >= 15 is 0 Å². The number of hydrogen-bond acceptors (Lipinski definition) is 2. The minimum atomic E-state index is -0.431. The van der Waals surface area contributed by atoms with Crippen molar-refractivity contribution in [3.8, 4) is 0 Å². The maximum atomic E-state index is 11.2. The molecule has 2 rings (SSSR count). The lowest BCUT2D eigenvalue weighted by molar-refractivity contribution is 0.1000. The first-order valence-electron chi connectivity index (χ1n) is 7.54. The third kappa shape index (κ3) is 4.99. The van der Waals surface area contributed by atoms with Crippen molar-refractivity contribution in [2.45, 2.75) is 13.1 Å². The number of guanidine groups is 1. The van der Waals surface area contributed by atoms with Gasteiger partial charge in [-0.2, -0.15) is 0 Å². The van der Waals surface area contributed by atoms with E-state index in [2.05, 4.69) is 10.3 Å². The van der Waals surface area contributed by atoms with Crippen LogP contribution in [-0.4, -0.2) is 30.9 Å². The molecule has 0 bridgehead atoms. The summed E-state index contributed by atoms with van der Waals surface area (Å²) in [6.45, 7) is 1.23. The van der Waals surface area contributed by atoms with Crippen molar-refractivity contribution in [2.75, 3.05) is 14.1 Å². The fraction of sp³-hybridized carbons (Fsp3) is 0.222. The van der Waals surface area contributed by atoms with Crippen LogP contribution in [-0.2, 0) is 13.1 Å². The molecule has 0 saturated carbocycles.